The topological polar surface area (TPSA) is 117 Å². The van der Waals surface area contributed by atoms with Crippen LogP contribution in [0.4, 0.5) is 24.0 Å². The molecule has 1 unspecified atom stereocenters. The molecule has 0 aliphatic carbocycles. The molecule has 1 aromatic heterocycles. The molecule has 1 atom stereocenters. The highest BCUT2D eigenvalue weighted by Crippen LogP contribution is 2.39. The monoisotopic (exact) mass is 506 g/mol. The van der Waals surface area contributed by atoms with Crippen LogP contribution in [0.25, 0.3) is 0 Å². The number of primary amides is 1. The van der Waals surface area contributed by atoms with E-state index in [1.807, 2.05) is 18.7 Å². The largest absolute Gasteiger partial charge is 0.435 e. The summed E-state index contributed by atoms with van der Waals surface area (Å²) >= 11 is 0.625. The Hall–Kier alpha value is -2.38. The Morgan fingerprint density at radius 2 is 2.00 bits per heavy atom. The summed E-state index contributed by atoms with van der Waals surface area (Å²) in [6.45, 7) is 4.51. The molecule has 8 nitrogen and oxygen atoms in total. The summed E-state index contributed by atoms with van der Waals surface area (Å²) in [6.07, 6.45) is -3.73. The first-order chi connectivity index (χ1) is 15.2. The number of benzene rings is 1. The number of aliphatic hydroxyl groups excluding tert-OH is 1. The summed E-state index contributed by atoms with van der Waals surface area (Å²) in [5.41, 5.74) is 4.80. The van der Waals surface area contributed by atoms with Crippen LogP contribution in [0.1, 0.15) is 34.8 Å². The van der Waals surface area contributed by atoms with E-state index in [4.69, 9.17) is 5.73 Å². The van der Waals surface area contributed by atoms with Gasteiger partial charge >= 0.3 is 6.18 Å². The average Bonchev–Trinajstić information content (AvgIpc) is 3.18. The van der Waals surface area contributed by atoms with Gasteiger partial charge in [-0.15, -0.1) is 0 Å². The van der Waals surface area contributed by atoms with E-state index >= 15 is 0 Å². The fourth-order valence-corrected chi connectivity index (χ4v) is 5.82. The van der Waals surface area contributed by atoms with E-state index in [0.717, 1.165) is 6.26 Å². The number of halogens is 3. The van der Waals surface area contributed by atoms with Crippen LogP contribution >= 0.6 is 11.3 Å². The van der Waals surface area contributed by atoms with E-state index in [1.165, 1.54) is 6.07 Å². The minimum Gasteiger partial charge on any atom is -0.392 e. The summed E-state index contributed by atoms with van der Waals surface area (Å²) in [4.78, 5) is 18.4. The lowest BCUT2D eigenvalue weighted by Gasteiger charge is -2.44. The van der Waals surface area contributed by atoms with Crippen LogP contribution in [-0.4, -0.2) is 56.3 Å². The fourth-order valence-electron chi connectivity index (χ4n) is 3.86. The lowest BCUT2D eigenvalue weighted by atomic mass is 9.99. The molecule has 13 heteroatoms. The third-order valence-electron chi connectivity index (χ3n) is 5.53. The summed E-state index contributed by atoms with van der Waals surface area (Å²) in [5, 5.41) is 9.55. The number of piperazine rings is 1. The SMILES string of the molecule is CC(C)C1CN(c2ccc(CO)c(S(C)(=O)=O)c2)CCN1c1nc(C(F)(F)F)c(C(N)=O)s1. The number of nitrogens with two attached hydrogens (primary N) is 1. The third kappa shape index (κ3) is 5.25. The zero-order valence-electron chi connectivity index (χ0n) is 18.3. The van der Waals surface area contributed by atoms with Crippen LogP contribution in [-0.2, 0) is 22.6 Å². The highest BCUT2D eigenvalue weighted by atomic mass is 32.2. The molecule has 33 heavy (non-hydrogen) atoms. The molecule has 2 aromatic rings. The number of nitrogens with zero attached hydrogens (tertiary/aromatic N) is 3. The number of carbonyl (C=O) groups is 1. The van der Waals surface area contributed by atoms with Gasteiger partial charge in [-0.2, -0.15) is 13.2 Å². The zero-order chi connectivity index (χ0) is 24.7. The van der Waals surface area contributed by atoms with E-state index in [0.29, 0.717) is 42.2 Å². The van der Waals surface area contributed by atoms with Crippen LogP contribution < -0.4 is 15.5 Å². The van der Waals surface area contributed by atoms with E-state index in [-0.39, 0.29) is 22.0 Å². The Kier molecular flexibility index (Phi) is 6.97. The van der Waals surface area contributed by atoms with Crippen molar-refractivity contribution in [2.45, 2.75) is 37.6 Å². The summed E-state index contributed by atoms with van der Waals surface area (Å²) in [6, 6.07) is 4.51. The number of hydrogen-bond donors (Lipinski definition) is 2. The van der Waals surface area contributed by atoms with E-state index in [1.54, 1.807) is 17.0 Å². The Morgan fingerprint density at radius 3 is 2.48 bits per heavy atom. The summed E-state index contributed by atoms with van der Waals surface area (Å²) < 4.78 is 64.4. The number of rotatable bonds is 6. The van der Waals surface area contributed by atoms with Crippen molar-refractivity contribution < 1.29 is 31.5 Å². The van der Waals surface area contributed by atoms with Crippen LogP contribution in [0.2, 0.25) is 0 Å². The molecule has 1 fully saturated rings. The minimum absolute atomic E-state index is 0.00848. The maximum absolute atomic E-state index is 13.4. The lowest BCUT2D eigenvalue weighted by Crippen LogP contribution is -2.55. The predicted octanol–water partition coefficient (Wildman–Crippen LogP) is 2.51. The number of amides is 1. The van der Waals surface area contributed by atoms with E-state index < -0.39 is 39.1 Å². The second kappa shape index (κ2) is 9.11. The number of carbonyl (C=O) groups excluding carboxylic acids is 1. The molecule has 1 aliphatic heterocycles. The van der Waals surface area contributed by atoms with E-state index in [2.05, 4.69) is 4.98 Å². The molecule has 1 aliphatic rings. The summed E-state index contributed by atoms with van der Waals surface area (Å²) in [7, 11) is -3.57. The standard InChI is InChI=1S/C20H25F3N4O4S2/c1-11(2)14-9-26(13-5-4-12(10-28)15(8-13)33(3,30)31)6-7-27(14)19-25-17(20(21,22)23)16(32-19)18(24)29/h4-5,8,11,14,28H,6-7,9-10H2,1-3H3,(H2,24,29). The molecule has 182 valence electrons. The van der Waals surface area contributed by atoms with Gasteiger partial charge in [-0.05, 0) is 23.6 Å². The number of hydrogen-bond acceptors (Lipinski definition) is 8. The van der Waals surface area contributed by atoms with Gasteiger partial charge < -0.3 is 20.6 Å². The first-order valence-electron chi connectivity index (χ1n) is 10.1. The minimum atomic E-state index is -4.80. The number of aliphatic hydroxyl groups is 1. The van der Waals surface area contributed by atoms with Crippen molar-refractivity contribution in [3.8, 4) is 0 Å². The normalized spacial score (nSPS) is 17.6. The molecule has 3 rings (SSSR count). The number of alkyl halides is 3. The molecular formula is C20H25F3N4O4S2. The van der Waals surface area contributed by atoms with Crippen molar-refractivity contribution in [1.29, 1.82) is 0 Å². The second-order valence-electron chi connectivity index (χ2n) is 8.21. The zero-order valence-corrected chi connectivity index (χ0v) is 19.9. The number of sulfone groups is 1. The fraction of sp³-hybridized carbons (Fsp3) is 0.500. The quantitative estimate of drug-likeness (QED) is 0.618. The van der Waals surface area contributed by atoms with Gasteiger partial charge in [0.05, 0.1) is 17.5 Å². The lowest BCUT2D eigenvalue weighted by molar-refractivity contribution is -0.141. The van der Waals surface area contributed by atoms with Gasteiger partial charge in [0, 0.05) is 31.6 Å². The second-order valence-corrected chi connectivity index (χ2v) is 11.2. The number of anilines is 2. The maximum Gasteiger partial charge on any atom is 0.435 e. The van der Waals surface area contributed by atoms with Gasteiger partial charge in [0.15, 0.2) is 20.7 Å². The Labute approximate surface area is 193 Å². The Morgan fingerprint density at radius 1 is 1.33 bits per heavy atom. The molecule has 1 amide bonds. The van der Waals surface area contributed by atoms with Gasteiger partial charge in [0.25, 0.3) is 5.91 Å². The van der Waals surface area contributed by atoms with Crippen molar-refractivity contribution in [2.24, 2.45) is 11.7 Å². The van der Waals surface area contributed by atoms with Crippen LogP contribution in [0.15, 0.2) is 23.1 Å². The molecule has 0 saturated carbocycles. The highest BCUT2D eigenvalue weighted by Gasteiger charge is 2.41. The van der Waals surface area contributed by atoms with Crippen molar-refractivity contribution in [2.75, 3.05) is 35.7 Å². The smallest absolute Gasteiger partial charge is 0.392 e. The number of aromatic nitrogens is 1. The van der Waals surface area contributed by atoms with Gasteiger partial charge in [0.2, 0.25) is 0 Å². The van der Waals surface area contributed by atoms with Crippen molar-refractivity contribution >= 4 is 37.9 Å². The maximum atomic E-state index is 13.4. The Bertz CT molecular complexity index is 1150. The van der Waals surface area contributed by atoms with Crippen molar-refractivity contribution in [1.82, 2.24) is 4.98 Å². The third-order valence-corrected chi connectivity index (χ3v) is 7.81. The van der Waals surface area contributed by atoms with Gasteiger partial charge in [-0.1, -0.05) is 31.3 Å². The first-order valence-corrected chi connectivity index (χ1v) is 12.8. The molecule has 0 spiro atoms. The molecular weight excluding hydrogens is 481 g/mol. The van der Waals surface area contributed by atoms with Crippen LogP contribution in [0, 0.1) is 5.92 Å². The molecule has 2 heterocycles. The predicted molar refractivity (Wildman–Crippen MR) is 119 cm³/mol. The van der Waals surface area contributed by atoms with E-state index in [9.17, 15) is 31.5 Å². The van der Waals surface area contributed by atoms with Crippen LogP contribution in [0.3, 0.4) is 0 Å². The highest BCUT2D eigenvalue weighted by molar-refractivity contribution is 7.90. The van der Waals surface area contributed by atoms with Crippen LogP contribution in [0.5, 0.6) is 0 Å². The molecule has 3 N–H and O–H groups in total. The molecule has 1 saturated heterocycles. The molecule has 1 aromatic carbocycles. The summed E-state index contributed by atoms with van der Waals surface area (Å²) in [5.74, 6) is -1.17. The van der Waals surface area contributed by atoms with Gasteiger partial charge in [-0.3, -0.25) is 4.79 Å². The van der Waals surface area contributed by atoms with Gasteiger partial charge in [0.1, 0.15) is 4.88 Å². The number of thiazole rings is 1. The molecule has 0 radical (unpaired) electrons. The van der Waals surface area contributed by atoms with Crippen molar-refractivity contribution in [3.05, 3.63) is 34.3 Å². The Balaban J connectivity index is 1.95. The first kappa shape index (κ1) is 25.2. The van der Waals surface area contributed by atoms with Gasteiger partial charge in [-0.25, -0.2) is 13.4 Å². The van der Waals surface area contributed by atoms with Crippen molar-refractivity contribution in [3.63, 3.8) is 0 Å². The average molecular weight is 507 g/mol. The molecule has 0 bridgehead atoms.